The number of benzene rings is 1. The summed E-state index contributed by atoms with van der Waals surface area (Å²) in [7, 11) is 0. The van der Waals surface area contributed by atoms with Crippen molar-refractivity contribution in [2.45, 2.75) is 19.8 Å². The van der Waals surface area contributed by atoms with Gasteiger partial charge >= 0.3 is 0 Å². The fraction of sp³-hybridized carbons (Fsp3) is 0.200. The van der Waals surface area contributed by atoms with Gasteiger partial charge in [-0.3, -0.25) is 0 Å². The quantitative estimate of drug-likeness (QED) is 0.765. The fourth-order valence-corrected chi connectivity index (χ4v) is 2.19. The predicted molar refractivity (Wildman–Crippen MR) is 80.8 cm³/mol. The molecule has 0 saturated carbocycles. The molecule has 0 aliphatic heterocycles. The molecule has 0 saturated heterocycles. The van der Waals surface area contributed by atoms with E-state index < -0.39 is 0 Å². The van der Waals surface area contributed by atoms with Crippen molar-refractivity contribution in [2.75, 3.05) is 5.73 Å². The SMILES string of the molecule is CC(C)c1nc(N)cc(-c2cc3cc(Cl)ccc3o2)n1. The number of aromatic nitrogens is 2. The van der Waals surface area contributed by atoms with Crippen LogP contribution in [0.2, 0.25) is 5.02 Å². The first-order chi connectivity index (χ1) is 9.52. The normalized spacial score (nSPS) is 11.4. The van der Waals surface area contributed by atoms with E-state index in [2.05, 4.69) is 9.97 Å². The van der Waals surface area contributed by atoms with Crippen molar-refractivity contribution in [3.05, 3.63) is 41.2 Å². The molecule has 1 aromatic carbocycles. The van der Waals surface area contributed by atoms with Crippen molar-refractivity contribution in [3.63, 3.8) is 0 Å². The van der Waals surface area contributed by atoms with Crippen molar-refractivity contribution in [1.29, 1.82) is 0 Å². The van der Waals surface area contributed by atoms with Crippen LogP contribution in [0.15, 0.2) is 34.7 Å². The van der Waals surface area contributed by atoms with Crippen LogP contribution in [0.4, 0.5) is 5.82 Å². The monoisotopic (exact) mass is 287 g/mol. The lowest BCUT2D eigenvalue weighted by Gasteiger charge is -2.06. The van der Waals surface area contributed by atoms with Gasteiger partial charge in [-0.2, -0.15) is 0 Å². The number of nitrogens with two attached hydrogens (primary N) is 1. The molecule has 0 spiro atoms. The largest absolute Gasteiger partial charge is 0.454 e. The summed E-state index contributed by atoms with van der Waals surface area (Å²) in [5.41, 5.74) is 7.30. The van der Waals surface area contributed by atoms with Crippen LogP contribution in [-0.2, 0) is 0 Å². The van der Waals surface area contributed by atoms with E-state index >= 15 is 0 Å². The van der Waals surface area contributed by atoms with Crippen LogP contribution in [-0.4, -0.2) is 9.97 Å². The zero-order valence-electron chi connectivity index (χ0n) is 11.2. The van der Waals surface area contributed by atoms with Gasteiger partial charge in [-0.25, -0.2) is 9.97 Å². The highest BCUT2D eigenvalue weighted by molar-refractivity contribution is 6.31. The number of hydrogen-bond acceptors (Lipinski definition) is 4. The standard InChI is InChI=1S/C15H14ClN3O/c1-8(2)15-18-11(7-14(17)19-15)13-6-9-5-10(16)3-4-12(9)20-13/h3-8H,1-2H3,(H2,17,18,19). The number of nitrogen functional groups attached to an aromatic ring is 1. The highest BCUT2D eigenvalue weighted by Gasteiger charge is 2.12. The Morgan fingerprint density at radius 2 is 1.95 bits per heavy atom. The predicted octanol–water partition coefficient (Wildman–Crippen LogP) is 4.25. The van der Waals surface area contributed by atoms with E-state index in [1.807, 2.05) is 32.0 Å². The van der Waals surface area contributed by atoms with Crippen LogP contribution in [0.5, 0.6) is 0 Å². The summed E-state index contributed by atoms with van der Waals surface area (Å²) in [5.74, 6) is 2.02. The number of fused-ring (bicyclic) bond motifs is 1. The minimum absolute atomic E-state index is 0.205. The average Bonchev–Trinajstić information content (AvgIpc) is 2.80. The van der Waals surface area contributed by atoms with Crippen molar-refractivity contribution < 1.29 is 4.42 Å². The molecular weight excluding hydrogens is 274 g/mol. The van der Waals surface area contributed by atoms with Gasteiger partial charge < -0.3 is 10.2 Å². The summed E-state index contributed by atoms with van der Waals surface area (Å²) in [6, 6.07) is 9.12. The number of furan rings is 1. The fourth-order valence-electron chi connectivity index (χ4n) is 2.01. The molecule has 0 bridgehead atoms. The van der Waals surface area contributed by atoms with Gasteiger partial charge in [-0.05, 0) is 24.3 Å². The van der Waals surface area contributed by atoms with Crippen LogP contribution >= 0.6 is 11.6 Å². The maximum Gasteiger partial charge on any atom is 0.154 e. The molecule has 2 heterocycles. The number of halogens is 1. The van der Waals surface area contributed by atoms with Crippen molar-refractivity contribution in [2.24, 2.45) is 0 Å². The van der Waals surface area contributed by atoms with Crippen molar-refractivity contribution in [3.8, 4) is 11.5 Å². The molecule has 0 aliphatic rings. The molecule has 3 rings (SSSR count). The molecule has 5 heteroatoms. The molecule has 2 aromatic heterocycles. The van der Waals surface area contributed by atoms with E-state index in [1.54, 1.807) is 12.1 Å². The maximum atomic E-state index is 5.98. The minimum atomic E-state index is 0.205. The summed E-state index contributed by atoms with van der Waals surface area (Å²) in [5, 5.41) is 1.62. The number of anilines is 1. The molecule has 0 aliphatic carbocycles. The first kappa shape index (κ1) is 12.9. The Morgan fingerprint density at radius 3 is 2.70 bits per heavy atom. The third-order valence-electron chi connectivity index (χ3n) is 3.01. The van der Waals surface area contributed by atoms with Gasteiger partial charge in [0.05, 0.1) is 0 Å². The van der Waals surface area contributed by atoms with Gasteiger partial charge in [-0.15, -0.1) is 0 Å². The van der Waals surface area contributed by atoms with Gasteiger partial charge in [0, 0.05) is 22.4 Å². The Morgan fingerprint density at radius 1 is 1.15 bits per heavy atom. The third-order valence-corrected chi connectivity index (χ3v) is 3.25. The lowest BCUT2D eigenvalue weighted by atomic mass is 10.2. The summed E-state index contributed by atoms with van der Waals surface area (Å²) in [4.78, 5) is 8.73. The molecular formula is C15H14ClN3O. The van der Waals surface area contributed by atoms with Crippen LogP contribution in [0.25, 0.3) is 22.4 Å². The second kappa shape index (κ2) is 4.80. The highest BCUT2D eigenvalue weighted by Crippen LogP contribution is 2.29. The lowest BCUT2D eigenvalue weighted by Crippen LogP contribution is -2.02. The molecule has 102 valence electrons. The van der Waals surface area contributed by atoms with Gasteiger partial charge in [0.15, 0.2) is 5.76 Å². The van der Waals surface area contributed by atoms with E-state index in [1.165, 1.54) is 0 Å². The number of rotatable bonds is 2. The lowest BCUT2D eigenvalue weighted by molar-refractivity contribution is 0.626. The molecule has 20 heavy (non-hydrogen) atoms. The van der Waals surface area contributed by atoms with Crippen molar-refractivity contribution >= 4 is 28.4 Å². The molecule has 0 atom stereocenters. The topological polar surface area (TPSA) is 64.9 Å². The Bertz CT molecular complexity index is 780. The Balaban J connectivity index is 2.15. The van der Waals surface area contributed by atoms with Gasteiger partial charge in [-0.1, -0.05) is 25.4 Å². The Hall–Kier alpha value is -2.07. The summed E-state index contributed by atoms with van der Waals surface area (Å²) < 4.78 is 5.79. The summed E-state index contributed by atoms with van der Waals surface area (Å²) >= 11 is 5.98. The van der Waals surface area contributed by atoms with Gasteiger partial charge in [0.1, 0.15) is 22.9 Å². The van der Waals surface area contributed by atoms with Crippen LogP contribution < -0.4 is 5.73 Å². The van der Waals surface area contributed by atoms with Crippen LogP contribution in [0.3, 0.4) is 0 Å². The first-order valence-corrected chi connectivity index (χ1v) is 6.74. The molecule has 4 nitrogen and oxygen atoms in total. The molecule has 0 fully saturated rings. The molecule has 0 radical (unpaired) electrons. The number of nitrogens with zero attached hydrogens (tertiary/aromatic N) is 2. The van der Waals surface area contributed by atoms with E-state index in [-0.39, 0.29) is 5.92 Å². The Labute approximate surface area is 121 Å². The third kappa shape index (κ3) is 2.34. The minimum Gasteiger partial charge on any atom is -0.454 e. The highest BCUT2D eigenvalue weighted by atomic mass is 35.5. The molecule has 0 unspecified atom stereocenters. The second-order valence-corrected chi connectivity index (χ2v) is 5.42. The van der Waals surface area contributed by atoms with Crippen molar-refractivity contribution in [1.82, 2.24) is 9.97 Å². The molecule has 3 aromatic rings. The van der Waals surface area contributed by atoms with E-state index in [0.717, 1.165) is 11.0 Å². The second-order valence-electron chi connectivity index (χ2n) is 4.98. The van der Waals surface area contributed by atoms with Gasteiger partial charge in [0.2, 0.25) is 0 Å². The first-order valence-electron chi connectivity index (χ1n) is 6.37. The van der Waals surface area contributed by atoms with E-state index in [0.29, 0.717) is 28.1 Å². The smallest absolute Gasteiger partial charge is 0.154 e. The summed E-state index contributed by atoms with van der Waals surface area (Å²) in [6.45, 7) is 4.05. The zero-order chi connectivity index (χ0) is 14.3. The molecule has 0 amide bonds. The van der Waals surface area contributed by atoms with Crippen LogP contribution in [0, 0.1) is 0 Å². The zero-order valence-corrected chi connectivity index (χ0v) is 12.0. The Kier molecular flexibility index (Phi) is 3.10. The van der Waals surface area contributed by atoms with E-state index in [4.69, 9.17) is 21.8 Å². The number of hydrogen-bond donors (Lipinski definition) is 1. The van der Waals surface area contributed by atoms with Crippen LogP contribution in [0.1, 0.15) is 25.6 Å². The maximum absolute atomic E-state index is 5.98. The van der Waals surface area contributed by atoms with Gasteiger partial charge in [0.25, 0.3) is 0 Å². The summed E-state index contributed by atoms with van der Waals surface area (Å²) in [6.07, 6.45) is 0. The van der Waals surface area contributed by atoms with E-state index in [9.17, 15) is 0 Å². The molecule has 2 N–H and O–H groups in total. The average molecular weight is 288 g/mol.